The molecule has 0 spiro atoms. The van der Waals surface area contributed by atoms with Crippen molar-refractivity contribution in [1.82, 2.24) is 0 Å². The summed E-state index contributed by atoms with van der Waals surface area (Å²) in [6, 6.07) is 0. The molecule has 0 heterocycles. The highest BCUT2D eigenvalue weighted by Gasteiger charge is 2.23. The average molecular weight is 173 g/mol. The van der Waals surface area contributed by atoms with Crippen LogP contribution >= 0.6 is 11.6 Å². The Morgan fingerprint density at radius 1 is 1.45 bits per heavy atom. The predicted molar refractivity (Wildman–Crippen MR) is 39.3 cm³/mol. The van der Waals surface area contributed by atoms with Crippen LogP contribution in [-0.4, -0.2) is 16.7 Å². The maximum atomic E-state index is 10.8. The van der Waals surface area contributed by atoms with Crippen molar-refractivity contribution in [3.8, 4) is 0 Å². The first-order valence-corrected chi connectivity index (χ1v) is 3.28. The molecule has 0 bridgehead atoms. The van der Waals surface area contributed by atoms with Crippen molar-refractivity contribution < 1.29 is 14.7 Å². The number of halogens is 1. The number of allylic oxidation sites excluding steroid dienone is 3. The lowest BCUT2D eigenvalue weighted by molar-refractivity contribution is -0.131. The summed E-state index contributed by atoms with van der Waals surface area (Å²) in [7, 11) is 0. The molecule has 4 heteroatoms. The second-order valence-corrected chi connectivity index (χ2v) is 2.54. The Hall–Kier alpha value is -1.09. The van der Waals surface area contributed by atoms with Gasteiger partial charge in [-0.15, -0.1) is 0 Å². The van der Waals surface area contributed by atoms with Crippen LogP contribution in [0.4, 0.5) is 0 Å². The third-order valence-corrected chi connectivity index (χ3v) is 1.86. The van der Waals surface area contributed by atoms with Crippen LogP contribution in [0.1, 0.15) is 6.92 Å². The normalized spacial score (nSPS) is 18.9. The fourth-order valence-corrected chi connectivity index (χ4v) is 0.870. The summed E-state index contributed by atoms with van der Waals surface area (Å²) in [5, 5.41) is 8.89. The molecule has 0 saturated heterocycles. The molecule has 0 aromatic rings. The van der Waals surface area contributed by atoms with Crippen LogP contribution in [0.15, 0.2) is 22.4 Å². The Labute approximate surface area is 68.0 Å². The van der Waals surface area contributed by atoms with E-state index in [1.165, 1.54) is 6.92 Å². The van der Waals surface area contributed by atoms with Crippen molar-refractivity contribution in [2.45, 2.75) is 6.92 Å². The number of aliphatic hydroxyl groups is 1. The third-order valence-electron chi connectivity index (χ3n) is 1.39. The van der Waals surface area contributed by atoms with Gasteiger partial charge >= 0.3 is 0 Å². The minimum atomic E-state index is -0.732. The highest BCUT2D eigenvalue weighted by atomic mass is 35.5. The van der Waals surface area contributed by atoms with Crippen LogP contribution in [0.25, 0.3) is 0 Å². The zero-order valence-corrected chi connectivity index (χ0v) is 6.47. The first-order chi connectivity index (χ1) is 5.04. The lowest BCUT2D eigenvalue weighted by Crippen LogP contribution is -2.18. The van der Waals surface area contributed by atoms with Crippen LogP contribution in [0, 0.1) is 0 Å². The Balaban J connectivity index is 3.22. The summed E-state index contributed by atoms with van der Waals surface area (Å²) >= 11 is 5.47. The molecule has 11 heavy (non-hydrogen) atoms. The predicted octanol–water partition coefficient (Wildman–Crippen LogP) is 1.09. The zero-order chi connectivity index (χ0) is 8.59. The number of hydrogen-bond donors (Lipinski definition) is 1. The maximum Gasteiger partial charge on any atom is 0.230 e. The molecule has 0 atom stereocenters. The van der Waals surface area contributed by atoms with Gasteiger partial charge in [0.25, 0.3) is 0 Å². The van der Waals surface area contributed by atoms with Crippen LogP contribution in [0.3, 0.4) is 0 Å². The molecule has 0 aromatic heterocycles. The lowest BCUT2D eigenvalue weighted by Gasteiger charge is -2.07. The molecule has 1 N–H and O–H groups in total. The van der Waals surface area contributed by atoms with E-state index in [1.54, 1.807) is 0 Å². The van der Waals surface area contributed by atoms with E-state index >= 15 is 0 Å². The summed E-state index contributed by atoms with van der Waals surface area (Å²) in [4.78, 5) is 21.5. The molecule has 0 radical (unpaired) electrons. The first-order valence-electron chi connectivity index (χ1n) is 2.90. The summed E-state index contributed by atoms with van der Waals surface area (Å²) < 4.78 is 0. The summed E-state index contributed by atoms with van der Waals surface area (Å²) in [6.45, 7) is 1.39. The van der Waals surface area contributed by atoms with Gasteiger partial charge in [0.05, 0.1) is 5.03 Å². The van der Waals surface area contributed by atoms with Gasteiger partial charge in [-0.1, -0.05) is 11.6 Å². The average Bonchev–Trinajstić information content (AvgIpc) is 1.97. The zero-order valence-electron chi connectivity index (χ0n) is 5.72. The highest BCUT2D eigenvalue weighted by Crippen LogP contribution is 2.22. The van der Waals surface area contributed by atoms with Crippen LogP contribution < -0.4 is 0 Å². The second kappa shape index (κ2) is 2.51. The standard InChI is InChI=1S/C7H5ClO3/c1-3-6(8)4(9)2-5(10)7(3)11/h2,9H,1H3. The van der Waals surface area contributed by atoms with Crippen LogP contribution in [-0.2, 0) is 9.59 Å². The van der Waals surface area contributed by atoms with Gasteiger partial charge in [0, 0.05) is 11.6 Å². The van der Waals surface area contributed by atoms with Crippen molar-refractivity contribution in [2.24, 2.45) is 0 Å². The van der Waals surface area contributed by atoms with Crippen molar-refractivity contribution in [2.75, 3.05) is 0 Å². The van der Waals surface area contributed by atoms with Crippen LogP contribution in [0.5, 0.6) is 0 Å². The van der Waals surface area contributed by atoms with Gasteiger partial charge in [-0.3, -0.25) is 9.59 Å². The topological polar surface area (TPSA) is 54.4 Å². The maximum absolute atomic E-state index is 10.8. The third kappa shape index (κ3) is 1.19. The lowest BCUT2D eigenvalue weighted by atomic mass is 10.0. The molecule has 0 aromatic carbocycles. The molecule has 1 aliphatic carbocycles. The Morgan fingerprint density at radius 3 is 2.55 bits per heavy atom. The summed E-state index contributed by atoms with van der Waals surface area (Å²) in [6.07, 6.45) is 0.817. The smallest absolute Gasteiger partial charge is 0.230 e. The minimum Gasteiger partial charge on any atom is -0.506 e. The Kier molecular flexibility index (Phi) is 1.83. The number of hydrogen-bond acceptors (Lipinski definition) is 3. The van der Waals surface area contributed by atoms with E-state index in [9.17, 15) is 9.59 Å². The monoisotopic (exact) mass is 172 g/mol. The van der Waals surface area contributed by atoms with E-state index < -0.39 is 11.6 Å². The summed E-state index contributed by atoms with van der Waals surface area (Å²) in [5.74, 6) is -1.73. The molecular weight excluding hydrogens is 168 g/mol. The number of aliphatic hydroxyl groups excluding tert-OH is 1. The van der Waals surface area contributed by atoms with Crippen molar-refractivity contribution in [1.29, 1.82) is 0 Å². The van der Waals surface area contributed by atoms with E-state index in [-0.39, 0.29) is 16.4 Å². The molecule has 1 aliphatic rings. The fourth-order valence-electron chi connectivity index (χ4n) is 0.730. The molecule has 0 unspecified atom stereocenters. The molecule has 1 rings (SSSR count). The highest BCUT2D eigenvalue weighted by molar-refractivity contribution is 6.51. The minimum absolute atomic E-state index is 0.0467. The largest absolute Gasteiger partial charge is 0.506 e. The number of carbonyl (C=O) groups excluding carboxylic acids is 2. The fraction of sp³-hybridized carbons (Fsp3) is 0.143. The van der Waals surface area contributed by atoms with Crippen molar-refractivity contribution in [3.63, 3.8) is 0 Å². The summed E-state index contributed by atoms with van der Waals surface area (Å²) in [5.41, 5.74) is 0.0941. The number of Topliss-reactive ketones (excluding diaryl/α,β-unsaturated/α-hetero) is 1. The number of ketones is 2. The van der Waals surface area contributed by atoms with Gasteiger partial charge in [0.2, 0.25) is 11.6 Å². The van der Waals surface area contributed by atoms with Crippen LogP contribution in [0.2, 0.25) is 0 Å². The van der Waals surface area contributed by atoms with E-state index in [4.69, 9.17) is 16.7 Å². The first kappa shape index (κ1) is 8.01. The van der Waals surface area contributed by atoms with E-state index in [0.717, 1.165) is 6.08 Å². The molecule has 0 fully saturated rings. The quantitative estimate of drug-likeness (QED) is 0.440. The van der Waals surface area contributed by atoms with Gasteiger partial charge < -0.3 is 5.11 Å². The molecular formula is C7H5ClO3. The molecule has 58 valence electrons. The van der Waals surface area contributed by atoms with Gasteiger partial charge in [-0.25, -0.2) is 0 Å². The van der Waals surface area contributed by atoms with Crippen molar-refractivity contribution >= 4 is 23.2 Å². The van der Waals surface area contributed by atoms with Gasteiger partial charge in [0.15, 0.2) is 0 Å². The number of rotatable bonds is 0. The van der Waals surface area contributed by atoms with Gasteiger partial charge in [-0.05, 0) is 6.92 Å². The van der Waals surface area contributed by atoms with E-state index in [1.807, 2.05) is 0 Å². The van der Waals surface area contributed by atoms with Gasteiger partial charge in [-0.2, -0.15) is 0 Å². The van der Waals surface area contributed by atoms with Crippen molar-refractivity contribution in [3.05, 3.63) is 22.4 Å². The van der Waals surface area contributed by atoms with E-state index in [2.05, 4.69) is 0 Å². The molecule has 3 nitrogen and oxygen atoms in total. The second-order valence-electron chi connectivity index (χ2n) is 2.16. The number of carbonyl (C=O) groups is 2. The van der Waals surface area contributed by atoms with E-state index in [0.29, 0.717) is 0 Å². The molecule has 0 saturated carbocycles. The Morgan fingerprint density at radius 2 is 2.00 bits per heavy atom. The molecule has 0 amide bonds. The molecule has 0 aliphatic heterocycles. The van der Waals surface area contributed by atoms with Gasteiger partial charge in [0.1, 0.15) is 5.76 Å². The Bertz CT molecular complexity index is 299. The SMILES string of the molecule is CC1=C(Cl)C(O)=CC(=O)C1=O.